The molecule has 1 saturated heterocycles. The summed E-state index contributed by atoms with van der Waals surface area (Å²) in [5.74, 6) is 1.35. The fourth-order valence-corrected chi connectivity index (χ4v) is 2.55. The van der Waals surface area contributed by atoms with Gasteiger partial charge in [-0.05, 0) is 44.6 Å². The molecule has 0 bridgehead atoms. The molecule has 18 heavy (non-hydrogen) atoms. The highest BCUT2D eigenvalue weighted by atomic mass is 35.5. The second kappa shape index (κ2) is 7.34. The van der Waals surface area contributed by atoms with Crippen molar-refractivity contribution in [2.75, 3.05) is 19.6 Å². The van der Waals surface area contributed by atoms with Gasteiger partial charge in [0.25, 0.3) is 0 Å². The van der Waals surface area contributed by atoms with Crippen LogP contribution in [0.3, 0.4) is 0 Å². The van der Waals surface area contributed by atoms with Gasteiger partial charge in [-0.3, -0.25) is 4.79 Å². The highest BCUT2D eigenvalue weighted by Crippen LogP contribution is 2.29. The number of hydrogen-bond donors (Lipinski definition) is 1. The molecule has 2 fully saturated rings. The maximum absolute atomic E-state index is 12.5. The first-order valence-electron chi connectivity index (χ1n) is 7.19. The van der Waals surface area contributed by atoms with Crippen LogP contribution < -0.4 is 5.32 Å². The molecule has 1 unspecified atom stereocenters. The van der Waals surface area contributed by atoms with E-state index in [4.69, 9.17) is 0 Å². The lowest BCUT2D eigenvalue weighted by molar-refractivity contribution is -0.136. The zero-order chi connectivity index (χ0) is 12.3. The lowest BCUT2D eigenvalue weighted by atomic mass is 9.97. The Hall–Kier alpha value is -0.280. The zero-order valence-electron chi connectivity index (χ0n) is 11.7. The van der Waals surface area contributed by atoms with Crippen molar-refractivity contribution < 1.29 is 4.79 Å². The summed E-state index contributed by atoms with van der Waals surface area (Å²) in [6.07, 6.45) is 5.83. The third-order valence-electron chi connectivity index (χ3n) is 3.86. The molecule has 2 rings (SSSR count). The highest BCUT2D eigenvalue weighted by molar-refractivity contribution is 5.85. The van der Waals surface area contributed by atoms with Crippen LogP contribution in [0.25, 0.3) is 0 Å². The largest absolute Gasteiger partial charge is 0.339 e. The van der Waals surface area contributed by atoms with Crippen LogP contribution in [0.1, 0.15) is 46.0 Å². The van der Waals surface area contributed by atoms with Gasteiger partial charge in [0.15, 0.2) is 0 Å². The predicted molar refractivity (Wildman–Crippen MR) is 77.0 cm³/mol. The fraction of sp³-hybridized carbons (Fsp3) is 0.929. The van der Waals surface area contributed by atoms with E-state index in [1.165, 1.54) is 12.8 Å². The number of hydrogen-bond acceptors (Lipinski definition) is 2. The number of amides is 1. The Bertz CT molecular complexity index is 261. The Morgan fingerprint density at radius 2 is 2.06 bits per heavy atom. The monoisotopic (exact) mass is 274 g/mol. The van der Waals surface area contributed by atoms with E-state index in [0.717, 1.165) is 38.9 Å². The minimum atomic E-state index is 0. The van der Waals surface area contributed by atoms with Gasteiger partial charge in [0.2, 0.25) is 5.91 Å². The topological polar surface area (TPSA) is 32.3 Å². The Morgan fingerprint density at radius 3 is 2.56 bits per heavy atom. The number of piperidine rings is 1. The lowest BCUT2D eigenvalue weighted by Gasteiger charge is -2.30. The van der Waals surface area contributed by atoms with Gasteiger partial charge < -0.3 is 10.2 Å². The van der Waals surface area contributed by atoms with Gasteiger partial charge in [-0.25, -0.2) is 0 Å². The van der Waals surface area contributed by atoms with Gasteiger partial charge in [-0.15, -0.1) is 12.4 Å². The van der Waals surface area contributed by atoms with E-state index < -0.39 is 0 Å². The number of rotatable bonds is 5. The van der Waals surface area contributed by atoms with Crippen LogP contribution >= 0.6 is 12.4 Å². The molecule has 0 spiro atoms. The van der Waals surface area contributed by atoms with Crippen molar-refractivity contribution >= 4 is 18.3 Å². The SMILES string of the molecule is CC(C)CCN(C(=O)C1CCCNC1)C1CC1.Cl. The molecule has 1 amide bonds. The number of halogens is 1. The van der Waals surface area contributed by atoms with Gasteiger partial charge in [0, 0.05) is 19.1 Å². The molecule has 1 atom stereocenters. The van der Waals surface area contributed by atoms with E-state index in [1.807, 2.05) is 0 Å². The van der Waals surface area contributed by atoms with E-state index in [1.54, 1.807) is 0 Å². The van der Waals surface area contributed by atoms with Crippen LogP contribution in [0, 0.1) is 11.8 Å². The molecule has 1 saturated carbocycles. The van der Waals surface area contributed by atoms with Gasteiger partial charge >= 0.3 is 0 Å². The molecule has 4 heteroatoms. The first-order valence-corrected chi connectivity index (χ1v) is 7.19. The van der Waals surface area contributed by atoms with Gasteiger partial charge in [-0.2, -0.15) is 0 Å². The summed E-state index contributed by atoms with van der Waals surface area (Å²) < 4.78 is 0. The Morgan fingerprint density at radius 1 is 1.33 bits per heavy atom. The van der Waals surface area contributed by atoms with Crippen molar-refractivity contribution in [2.45, 2.75) is 52.0 Å². The van der Waals surface area contributed by atoms with Crippen molar-refractivity contribution in [2.24, 2.45) is 11.8 Å². The summed E-state index contributed by atoms with van der Waals surface area (Å²) in [6, 6.07) is 0.572. The van der Waals surface area contributed by atoms with Crippen LogP contribution in [-0.2, 0) is 4.79 Å². The van der Waals surface area contributed by atoms with Crippen molar-refractivity contribution in [1.82, 2.24) is 10.2 Å². The van der Waals surface area contributed by atoms with Gasteiger partial charge in [-0.1, -0.05) is 13.8 Å². The molecule has 3 nitrogen and oxygen atoms in total. The van der Waals surface area contributed by atoms with E-state index in [2.05, 4.69) is 24.1 Å². The van der Waals surface area contributed by atoms with Crippen LogP contribution in [0.5, 0.6) is 0 Å². The quantitative estimate of drug-likeness (QED) is 0.835. The zero-order valence-corrected chi connectivity index (χ0v) is 12.5. The Balaban J connectivity index is 0.00000162. The molecule has 1 N–H and O–H groups in total. The number of nitrogens with one attached hydrogen (secondary N) is 1. The van der Waals surface area contributed by atoms with Crippen LogP contribution in [-0.4, -0.2) is 36.5 Å². The second-order valence-corrected chi connectivity index (χ2v) is 5.99. The molecule has 1 heterocycles. The first-order chi connectivity index (χ1) is 8.18. The standard InChI is InChI=1S/C14H26N2O.ClH/c1-11(2)7-9-16(13-5-6-13)14(17)12-4-3-8-15-10-12;/h11-13,15H,3-10H2,1-2H3;1H. The van der Waals surface area contributed by atoms with Gasteiger partial charge in [0.05, 0.1) is 5.92 Å². The smallest absolute Gasteiger partial charge is 0.227 e. The molecule has 0 radical (unpaired) electrons. The number of nitrogens with zero attached hydrogens (tertiary/aromatic N) is 1. The van der Waals surface area contributed by atoms with Gasteiger partial charge in [0.1, 0.15) is 0 Å². The van der Waals surface area contributed by atoms with Crippen LogP contribution in [0.2, 0.25) is 0 Å². The third-order valence-corrected chi connectivity index (χ3v) is 3.86. The fourth-order valence-electron chi connectivity index (χ4n) is 2.55. The van der Waals surface area contributed by atoms with E-state index in [9.17, 15) is 4.79 Å². The van der Waals surface area contributed by atoms with Crippen LogP contribution in [0.15, 0.2) is 0 Å². The lowest BCUT2D eigenvalue weighted by Crippen LogP contribution is -2.44. The number of carbonyl (C=O) groups excluding carboxylic acids is 1. The molecule has 2 aliphatic rings. The summed E-state index contributed by atoms with van der Waals surface area (Å²) in [5, 5.41) is 3.35. The Kier molecular flexibility index (Phi) is 6.44. The summed E-state index contributed by atoms with van der Waals surface area (Å²) in [7, 11) is 0. The minimum Gasteiger partial charge on any atom is -0.339 e. The molecule has 0 aromatic carbocycles. The highest BCUT2D eigenvalue weighted by Gasteiger charge is 2.35. The summed E-state index contributed by atoms with van der Waals surface area (Å²) >= 11 is 0. The molecule has 0 aromatic rings. The normalized spacial score (nSPS) is 23.6. The average Bonchev–Trinajstić information content (AvgIpc) is 3.14. The maximum atomic E-state index is 12.5. The Labute approximate surface area is 117 Å². The molecule has 106 valence electrons. The molecule has 1 aliphatic carbocycles. The molecule has 0 aromatic heterocycles. The van der Waals surface area contributed by atoms with Crippen molar-refractivity contribution in [3.63, 3.8) is 0 Å². The second-order valence-electron chi connectivity index (χ2n) is 5.99. The minimum absolute atomic E-state index is 0. The summed E-state index contributed by atoms with van der Waals surface area (Å²) in [5.41, 5.74) is 0. The van der Waals surface area contributed by atoms with Crippen LogP contribution in [0.4, 0.5) is 0 Å². The van der Waals surface area contributed by atoms with Crippen molar-refractivity contribution in [3.8, 4) is 0 Å². The van der Waals surface area contributed by atoms with Crippen molar-refractivity contribution in [1.29, 1.82) is 0 Å². The van der Waals surface area contributed by atoms with Crippen molar-refractivity contribution in [3.05, 3.63) is 0 Å². The molecular weight excluding hydrogens is 248 g/mol. The first kappa shape index (κ1) is 15.8. The maximum Gasteiger partial charge on any atom is 0.227 e. The summed E-state index contributed by atoms with van der Waals surface area (Å²) in [4.78, 5) is 14.7. The van der Waals surface area contributed by atoms with E-state index in [-0.39, 0.29) is 18.3 Å². The predicted octanol–water partition coefficient (Wildman–Crippen LogP) is 2.44. The van der Waals surface area contributed by atoms with E-state index >= 15 is 0 Å². The molecule has 1 aliphatic heterocycles. The number of carbonyl (C=O) groups is 1. The summed E-state index contributed by atoms with van der Waals surface area (Å²) in [6.45, 7) is 7.41. The third kappa shape index (κ3) is 4.43. The average molecular weight is 275 g/mol. The van der Waals surface area contributed by atoms with E-state index in [0.29, 0.717) is 17.9 Å². The molecular formula is C14H27ClN2O.